The number of carbonyl (C=O) groups excluding carboxylic acids is 1. The molecule has 0 saturated carbocycles. The standard InChI is InChI=1S/C21H24N2O3S/c1-17(24)22-13-7-12-21(16-22)14-18-8-5-6-9-19(18)15-23(21)27(25,26)20-10-3-2-4-11-20/h2-6,8-11H,7,12-16H2,1H3. The van der Waals surface area contributed by atoms with Crippen LogP contribution < -0.4 is 0 Å². The van der Waals surface area contributed by atoms with Crippen LogP contribution in [0.25, 0.3) is 0 Å². The average molecular weight is 385 g/mol. The molecule has 1 amide bonds. The third-order valence-corrected chi connectivity index (χ3v) is 7.78. The molecule has 0 bridgehead atoms. The fraction of sp³-hybridized carbons (Fsp3) is 0.381. The van der Waals surface area contributed by atoms with Crippen LogP contribution in [0.4, 0.5) is 0 Å². The van der Waals surface area contributed by atoms with Crippen molar-refractivity contribution in [1.82, 2.24) is 9.21 Å². The summed E-state index contributed by atoms with van der Waals surface area (Å²) in [6, 6.07) is 16.6. The van der Waals surface area contributed by atoms with Crippen LogP contribution >= 0.6 is 0 Å². The second-order valence-corrected chi connectivity index (χ2v) is 9.40. The number of amides is 1. The Hall–Kier alpha value is -2.18. The van der Waals surface area contributed by atoms with Crippen molar-refractivity contribution in [3.8, 4) is 0 Å². The predicted molar refractivity (Wildman–Crippen MR) is 104 cm³/mol. The largest absolute Gasteiger partial charge is 0.341 e. The van der Waals surface area contributed by atoms with Gasteiger partial charge in [0.15, 0.2) is 0 Å². The number of hydrogen-bond acceptors (Lipinski definition) is 3. The van der Waals surface area contributed by atoms with Gasteiger partial charge in [0.05, 0.1) is 10.4 Å². The van der Waals surface area contributed by atoms with Crippen molar-refractivity contribution in [2.24, 2.45) is 0 Å². The number of likely N-dealkylation sites (tertiary alicyclic amines) is 1. The molecule has 0 radical (unpaired) electrons. The molecule has 6 heteroatoms. The van der Waals surface area contributed by atoms with E-state index < -0.39 is 15.6 Å². The van der Waals surface area contributed by atoms with E-state index in [1.807, 2.05) is 24.3 Å². The Bertz CT molecular complexity index is 958. The highest BCUT2D eigenvalue weighted by molar-refractivity contribution is 7.89. The van der Waals surface area contributed by atoms with E-state index in [-0.39, 0.29) is 5.91 Å². The Morgan fingerprint density at radius 1 is 1.00 bits per heavy atom. The Morgan fingerprint density at radius 2 is 1.67 bits per heavy atom. The number of hydrogen-bond donors (Lipinski definition) is 0. The van der Waals surface area contributed by atoms with E-state index in [1.54, 1.807) is 40.4 Å². The first-order valence-corrected chi connectivity index (χ1v) is 10.8. The number of piperidine rings is 1. The minimum absolute atomic E-state index is 0.00462. The van der Waals surface area contributed by atoms with Crippen molar-refractivity contribution in [3.63, 3.8) is 0 Å². The lowest BCUT2D eigenvalue weighted by atomic mass is 9.79. The summed E-state index contributed by atoms with van der Waals surface area (Å²) in [4.78, 5) is 14.2. The van der Waals surface area contributed by atoms with Gasteiger partial charge < -0.3 is 4.90 Å². The summed E-state index contributed by atoms with van der Waals surface area (Å²) in [6.07, 6.45) is 2.21. The smallest absolute Gasteiger partial charge is 0.243 e. The van der Waals surface area contributed by atoms with Crippen LogP contribution in [0.15, 0.2) is 59.5 Å². The molecule has 2 aliphatic heterocycles. The number of carbonyl (C=O) groups is 1. The van der Waals surface area contributed by atoms with Gasteiger partial charge in [-0.1, -0.05) is 42.5 Å². The maximum Gasteiger partial charge on any atom is 0.243 e. The highest BCUT2D eigenvalue weighted by Gasteiger charge is 2.49. The fourth-order valence-electron chi connectivity index (χ4n) is 4.44. The first-order chi connectivity index (χ1) is 12.9. The molecular formula is C21H24N2O3S. The van der Waals surface area contributed by atoms with Crippen molar-refractivity contribution >= 4 is 15.9 Å². The average Bonchev–Trinajstić information content (AvgIpc) is 2.68. The SMILES string of the molecule is CC(=O)N1CCCC2(Cc3ccccc3CN2S(=O)(=O)c2ccccc2)C1. The van der Waals surface area contributed by atoms with Gasteiger partial charge in [0.25, 0.3) is 0 Å². The lowest BCUT2D eigenvalue weighted by Gasteiger charge is -2.51. The van der Waals surface area contributed by atoms with E-state index in [0.717, 1.165) is 18.4 Å². The van der Waals surface area contributed by atoms with Gasteiger partial charge in [-0.25, -0.2) is 8.42 Å². The minimum Gasteiger partial charge on any atom is -0.341 e. The second-order valence-electron chi connectivity index (χ2n) is 7.54. The van der Waals surface area contributed by atoms with Crippen molar-refractivity contribution < 1.29 is 13.2 Å². The molecule has 5 nitrogen and oxygen atoms in total. The van der Waals surface area contributed by atoms with E-state index in [4.69, 9.17) is 0 Å². The van der Waals surface area contributed by atoms with Crippen LogP contribution in [-0.2, 0) is 27.8 Å². The third kappa shape index (κ3) is 3.17. The first kappa shape index (κ1) is 18.2. The monoisotopic (exact) mass is 384 g/mol. The van der Waals surface area contributed by atoms with Crippen molar-refractivity contribution in [3.05, 3.63) is 65.7 Å². The minimum atomic E-state index is -3.67. The fourth-order valence-corrected chi connectivity index (χ4v) is 6.23. The third-order valence-electron chi connectivity index (χ3n) is 5.81. The zero-order valence-electron chi connectivity index (χ0n) is 15.5. The Kier molecular flexibility index (Phi) is 4.56. The van der Waals surface area contributed by atoms with Gasteiger partial charge in [-0.05, 0) is 42.5 Å². The number of sulfonamides is 1. The van der Waals surface area contributed by atoms with E-state index in [1.165, 1.54) is 5.56 Å². The molecule has 27 heavy (non-hydrogen) atoms. The molecule has 1 atom stereocenters. The zero-order valence-corrected chi connectivity index (χ0v) is 16.3. The maximum atomic E-state index is 13.6. The van der Waals surface area contributed by atoms with Crippen LogP contribution in [0.5, 0.6) is 0 Å². The van der Waals surface area contributed by atoms with Crippen LogP contribution in [0.3, 0.4) is 0 Å². The lowest BCUT2D eigenvalue weighted by Crippen LogP contribution is -2.63. The lowest BCUT2D eigenvalue weighted by molar-refractivity contribution is -0.132. The van der Waals surface area contributed by atoms with Crippen LogP contribution in [-0.4, -0.2) is 42.2 Å². The molecule has 1 fully saturated rings. The van der Waals surface area contributed by atoms with Crippen molar-refractivity contribution in [2.45, 2.75) is 43.2 Å². The van der Waals surface area contributed by atoms with Crippen LogP contribution in [0.2, 0.25) is 0 Å². The summed E-state index contributed by atoms with van der Waals surface area (Å²) >= 11 is 0. The molecule has 4 rings (SSSR count). The molecule has 1 saturated heterocycles. The molecule has 2 heterocycles. The molecule has 0 aliphatic carbocycles. The van der Waals surface area contributed by atoms with Gasteiger partial charge in [-0.2, -0.15) is 4.31 Å². The molecule has 2 aliphatic rings. The van der Waals surface area contributed by atoms with Gasteiger partial charge in [0.1, 0.15) is 0 Å². The van der Waals surface area contributed by atoms with E-state index >= 15 is 0 Å². The topological polar surface area (TPSA) is 57.7 Å². The van der Waals surface area contributed by atoms with E-state index in [2.05, 4.69) is 6.07 Å². The van der Waals surface area contributed by atoms with Crippen molar-refractivity contribution in [2.75, 3.05) is 13.1 Å². The number of fused-ring (bicyclic) bond motifs is 1. The molecule has 2 aromatic rings. The predicted octanol–water partition coefficient (Wildman–Crippen LogP) is 2.81. The zero-order chi connectivity index (χ0) is 19.1. The molecule has 0 aromatic heterocycles. The summed E-state index contributed by atoms with van der Waals surface area (Å²) in [5.41, 5.74) is 1.64. The molecular weight excluding hydrogens is 360 g/mol. The summed E-state index contributed by atoms with van der Waals surface area (Å²) < 4.78 is 28.8. The maximum absolute atomic E-state index is 13.6. The number of benzene rings is 2. The summed E-state index contributed by atoms with van der Waals surface area (Å²) in [5.74, 6) is 0.00462. The molecule has 0 N–H and O–H groups in total. The van der Waals surface area contributed by atoms with Crippen molar-refractivity contribution in [1.29, 1.82) is 0 Å². The summed E-state index contributed by atoms with van der Waals surface area (Å²) in [5, 5.41) is 0. The van der Waals surface area contributed by atoms with Gasteiger partial charge in [0, 0.05) is 26.6 Å². The highest BCUT2D eigenvalue weighted by atomic mass is 32.2. The van der Waals surface area contributed by atoms with Gasteiger partial charge in [0.2, 0.25) is 15.9 Å². The molecule has 2 aromatic carbocycles. The number of rotatable bonds is 2. The van der Waals surface area contributed by atoms with Gasteiger partial charge >= 0.3 is 0 Å². The second kappa shape index (κ2) is 6.77. The van der Waals surface area contributed by atoms with Crippen LogP contribution in [0.1, 0.15) is 30.9 Å². The first-order valence-electron chi connectivity index (χ1n) is 9.33. The number of nitrogens with zero attached hydrogens (tertiary/aromatic N) is 2. The Labute approximate surface area is 160 Å². The summed E-state index contributed by atoms with van der Waals surface area (Å²) in [7, 11) is -3.67. The van der Waals surface area contributed by atoms with Crippen LogP contribution in [0, 0.1) is 0 Å². The van der Waals surface area contributed by atoms with Gasteiger partial charge in [-0.3, -0.25) is 4.79 Å². The normalized spacial score (nSPS) is 23.2. The summed E-state index contributed by atoms with van der Waals surface area (Å²) in [6.45, 7) is 3.05. The quantitative estimate of drug-likeness (QED) is 0.800. The molecule has 142 valence electrons. The Morgan fingerprint density at radius 3 is 2.37 bits per heavy atom. The molecule has 1 unspecified atom stereocenters. The highest BCUT2D eigenvalue weighted by Crippen LogP contribution is 2.40. The van der Waals surface area contributed by atoms with E-state index in [0.29, 0.717) is 31.0 Å². The molecule has 1 spiro atoms. The Balaban J connectivity index is 1.83. The van der Waals surface area contributed by atoms with E-state index in [9.17, 15) is 13.2 Å². The van der Waals surface area contributed by atoms with Gasteiger partial charge in [-0.15, -0.1) is 0 Å².